The van der Waals surface area contributed by atoms with E-state index in [0.717, 1.165) is 44.2 Å². The standard InChI is InChI=1S/C14H23N3O/c1-3-7-14(8-4-9-15-14)13(18)6-5-12-10-16-17(2)11-12/h10-11,15H,3-9H2,1-2H3. The van der Waals surface area contributed by atoms with Gasteiger partial charge in [-0.2, -0.15) is 5.10 Å². The van der Waals surface area contributed by atoms with Crippen molar-refractivity contribution in [3.8, 4) is 0 Å². The summed E-state index contributed by atoms with van der Waals surface area (Å²) >= 11 is 0. The van der Waals surface area contributed by atoms with E-state index in [2.05, 4.69) is 17.3 Å². The van der Waals surface area contributed by atoms with E-state index in [-0.39, 0.29) is 5.54 Å². The molecule has 18 heavy (non-hydrogen) atoms. The lowest BCUT2D eigenvalue weighted by Crippen LogP contribution is -2.47. The fourth-order valence-electron chi connectivity index (χ4n) is 2.92. The van der Waals surface area contributed by atoms with E-state index in [9.17, 15) is 4.79 Å². The van der Waals surface area contributed by atoms with Crippen molar-refractivity contribution in [2.45, 2.75) is 51.0 Å². The number of hydrogen-bond donors (Lipinski definition) is 1. The van der Waals surface area contributed by atoms with Crippen molar-refractivity contribution in [3.05, 3.63) is 18.0 Å². The topological polar surface area (TPSA) is 46.9 Å². The Morgan fingerprint density at radius 1 is 1.61 bits per heavy atom. The first kappa shape index (κ1) is 13.3. The van der Waals surface area contributed by atoms with E-state index >= 15 is 0 Å². The summed E-state index contributed by atoms with van der Waals surface area (Å²) in [5, 5.41) is 7.58. The summed E-state index contributed by atoms with van der Waals surface area (Å²) in [5.74, 6) is 0.380. The van der Waals surface area contributed by atoms with Gasteiger partial charge in [0, 0.05) is 19.7 Å². The molecule has 0 aliphatic carbocycles. The predicted octanol–water partition coefficient (Wildman–Crippen LogP) is 1.84. The molecule has 0 bridgehead atoms. The van der Waals surface area contributed by atoms with Crippen LogP contribution in [-0.2, 0) is 18.3 Å². The number of ketones is 1. The maximum atomic E-state index is 12.4. The first-order chi connectivity index (χ1) is 8.66. The zero-order chi connectivity index (χ0) is 13.0. The van der Waals surface area contributed by atoms with Gasteiger partial charge in [0.05, 0.1) is 11.7 Å². The van der Waals surface area contributed by atoms with Gasteiger partial charge in [-0.25, -0.2) is 0 Å². The molecule has 0 radical (unpaired) electrons. The molecule has 100 valence electrons. The molecule has 0 aromatic carbocycles. The summed E-state index contributed by atoms with van der Waals surface area (Å²) in [4.78, 5) is 12.4. The summed E-state index contributed by atoms with van der Waals surface area (Å²) < 4.78 is 1.79. The smallest absolute Gasteiger partial charge is 0.153 e. The van der Waals surface area contributed by atoms with E-state index in [0.29, 0.717) is 12.2 Å². The van der Waals surface area contributed by atoms with Gasteiger partial charge >= 0.3 is 0 Å². The minimum Gasteiger partial charge on any atom is -0.305 e. The highest BCUT2D eigenvalue weighted by Gasteiger charge is 2.38. The van der Waals surface area contributed by atoms with Crippen LogP contribution in [0.1, 0.15) is 44.6 Å². The first-order valence-electron chi connectivity index (χ1n) is 6.92. The molecule has 4 nitrogen and oxygen atoms in total. The third-order valence-corrected chi connectivity index (χ3v) is 3.85. The van der Waals surface area contributed by atoms with Crippen LogP contribution in [0.15, 0.2) is 12.4 Å². The van der Waals surface area contributed by atoms with Crippen molar-refractivity contribution in [2.75, 3.05) is 6.54 Å². The van der Waals surface area contributed by atoms with Crippen LogP contribution < -0.4 is 5.32 Å². The fraction of sp³-hybridized carbons (Fsp3) is 0.714. The maximum Gasteiger partial charge on any atom is 0.153 e. The molecule has 1 fully saturated rings. The minimum atomic E-state index is -0.225. The fourth-order valence-corrected chi connectivity index (χ4v) is 2.92. The summed E-state index contributed by atoms with van der Waals surface area (Å²) in [6.07, 6.45) is 9.43. The first-order valence-corrected chi connectivity index (χ1v) is 6.92. The van der Waals surface area contributed by atoms with Crippen molar-refractivity contribution >= 4 is 5.78 Å². The van der Waals surface area contributed by atoms with Crippen molar-refractivity contribution in [2.24, 2.45) is 7.05 Å². The van der Waals surface area contributed by atoms with Gasteiger partial charge in [0.25, 0.3) is 0 Å². The zero-order valence-electron chi connectivity index (χ0n) is 11.4. The molecule has 2 rings (SSSR count). The van der Waals surface area contributed by atoms with Crippen LogP contribution in [-0.4, -0.2) is 27.6 Å². The van der Waals surface area contributed by atoms with Gasteiger partial charge in [0.15, 0.2) is 5.78 Å². The van der Waals surface area contributed by atoms with Crippen LogP contribution in [0.5, 0.6) is 0 Å². The zero-order valence-corrected chi connectivity index (χ0v) is 11.4. The average molecular weight is 249 g/mol. The Balaban J connectivity index is 1.93. The van der Waals surface area contributed by atoms with Crippen LogP contribution >= 0.6 is 0 Å². The van der Waals surface area contributed by atoms with E-state index in [1.165, 1.54) is 0 Å². The van der Waals surface area contributed by atoms with Gasteiger partial charge in [-0.1, -0.05) is 13.3 Å². The van der Waals surface area contributed by atoms with E-state index in [1.54, 1.807) is 4.68 Å². The van der Waals surface area contributed by atoms with Crippen LogP contribution in [0.3, 0.4) is 0 Å². The van der Waals surface area contributed by atoms with Crippen LogP contribution in [0.2, 0.25) is 0 Å². The largest absolute Gasteiger partial charge is 0.305 e. The Labute approximate surface area is 109 Å². The Kier molecular flexibility index (Phi) is 4.17. The number of nitrogens with one attached hydrogen (secondary N) is 1. The molecule has 0 saturated carbocycles. The van der Waals surface area contributed by atoms with Crippen LogP contribution in [0.4, 0.5) is 0 Å². The quantitative estimate of drug-likeness (QED) is 0.837. The predicted molar refractivity (Wildman–Crippen MR) is 71.4 cm³/mol. The molecule has 1 aromatic heterocycles. The molecular weight excluding hydrogens is 226 g/mol. The number of carbonyl (C=O) groups excluding carboxylic acids is 1. The summed E-state index contributed by atoms with van der Waals surface area (Å²) in [6, 6.07) is 0. The monoisotopic (exact) mass is 249 g/mol. The molecule has 0 amide bonds. The van der Waals surface area contributed by atoms with Crippen molar-refractivity contribution in [1.29, 1.82) is 0 Å². The minimum absolute atomic E-state index is 0.225. The number of aryl methyl sites for hydroxylation is 2. The Hall–Kier alpha value is -1.16. The average Bonchev–Trinajstić information content (AvgIpc) is 2.97. The second-order valence-electron chi connectivity index (χ2n) is 5.31. The molecule has 4 heteroatoms. The van der Waals surface area contributed by atoms with E-state index in [1.807, 2.05) is 19.4 Å². The van der Waals surface area contributed by atoms with Gasteiger partial charge in [-0.05, 0) is 37.8 Å². The molecule has 1 aromatic rings. The van der Waals surface area contributed by atoms with Crippen LogP contribution in [0, 0.1) is 0 Å². The Morgan fingerprint density at radius 2 is 2.44 bits per heavy atom. The maximum absolute atomic E-state index is 12.4. The number of nitrogens with zero attached hydrogens (tertiary/aromatic N) is 2. The third-order valence-electron chi connectivity index (χ3n) is 3.85. The number of Topliss-reactive ketones (excluding diaryl/α,β-unsaturated/α-hetero) is 1. The normalized spacial score (nSPS) is 23.4. The number of rotatable bonds is 6. The molecule has 0 spiro atoms. The van der Waals surface area contributed by atoms with Crippen molar-refractivity contribution in [3.63, 3.8) is 0 Å². The number of hydrogen-bond acceptors (Lipinski definition) is 3. The molecule has 1 aliphatic heterocycles. The highest BCUT2D eigenvalue weighted by atomic mass is 16.1. The van der Waals surface area contributed by atoms with Gasteiger partial charge in [0.1, 0.15) is 0 Å². The summed E-state index contributed by atoms with van der Waals surface area (Å²) in [7, 11) is 1.91. The second kappa shape index (κ2) is 5.65. The Morgan fingerprint density at radius 3 is 3.00 bits per heavy atom. The van der Waals surface area contributed by atoms with Crippen molar-refractivity contribution < 1.29 is 4.79 Å². The van der Waals surface area contributed by atoms with E-state index < -0.39 is 0 Å². The molecule has 1 saturated heterocycles. The SMILES string of the molecule is CCCC1(C(=O)CCc2cnn(C)c2)CCCN1. The molecular formula is C14H23N3O. The van der Waals surface area contributed by atoms with Gasteiger partial charge in [-0.3, -0.25) is 9.48 Å². The van der Waals surface area contributed by atoms with Gasteiger partial charge < -0.3 is 5.32 Å². The highest BCUT2D eigenvalue weighted by Crippen LogP contribution is 2.27. The van der Waals surface area contributed by atoms with Crippen LogP contribution in [0.25, 0.3) is 0 Å². The van der Waals surface area contributed by atoms with Gasteiger partial charge in [-0.15, -0.1) is 0 Å². The lowest BCUT2D eigenvalue weighted by Gasteiger charge is -2.27. The third kappa shape index (κ3) is 2.80. The summed E-state index contributed by atoms with van der Waals surface area (Å²) in [5.41, 5.74) is 0.923. The molecule has 1 atom stereocenters. The Bertz CT molecular complexity index is 405. The molecule has 2 heterocycles. The summed E-state index contributed by atoms with van der Waals surface area (Å²) in [6.45, 7) is 3.13. The lowest BCUT2D eigenvalue weighted by atomic mass is 9.85. The second-order valence-corrected chi connectivity index (χ2v) is 5.31. The lowest BCUT2D eigenvalue weighted by molar-refractivity contribution is -0.125. The molecule has 1 N–H and O–H groups in total. The van der Waals surface area contributed by atoms with E-state index in [4.69, 9.17) is 0 Å². The number of carbonyl (C=O) groups is 1. The highest BCUT2D eigenvalue weighted by molar-refractivity contribution is 5.88. The molecule has 1 unspecified atom stereocenters. The van der Waals surface area contributed by atoms with Gasteiger partial charge in [0.2, 0.25) is 0 Å². The van der Waals surface area contributed by atoms with Crippen molar-refractivity contribution in [1.82, 2.24) is 15.1 Å². The molecule has 1 aliphatic rings. The number of aromatic nitrogens is 2.